The van der Waals surface area contributed by atoms with Gasteiger partial charge >= 0.3 is 0 Å². The van der Waals surface area contributed by atoms with E-state index in [9.17, 15) is 10.1 Å². The highest BCUT2D eigenvalue weighted by atomic mass is 16.6. The summed E-state index contributed by atoms with van der Waals surface area (Å²) in [7, 11) is 0. The second kappa shape index (κ2) is 3.50. The Kier molecular flexibility index (Phi) is 2.16. The van der Waals surface area contributed by atoms with Gasteiger partial charge in [0.05, 0.1) is 11.1 Å². The van der Waals surface area contributed by atoms with Crippen LogP contribution in [0.25, 0.3) is 10.9 Å². The van der Waals surface area contributed by atoms with Gasteiger partial charge in [0.25, 0.3) is 15.9 Å². The third-order valence-electron chi connectivity index (χ3n) is 2.14. The molecule has 0 aliphatic rings. The molecule has 82 valence electrons. The highest BCUT2D eigenvalue weighted by Gasteiger charge is 2.15. The Morgan fingerprint density at radius 3 is 2.75 bits per heavy atom. The summed E-state index contributed by atoms with van der Waals surface area (Å²) >= 11 is 0. The molecule has 8 heteroatoms. The van der Waals surface area contributed by atoms with Gasteiger partial charge in [0.1, 0.15) is 5.52 Å². The summed E-state index contributed by atoms with van der Waals surface area (Å²) in [4.78, 5) is 10.2. The first-order chi connectivity index (χ1) is 7.63. The fraction of sp³-hybridized carbons (Fsp3) is 0. The number of hydrogen-bond acceptors (Lipinski definition) is 3. The fourth-order valence-electron chi connectivity index (χ4n) is 1.43. The molecule has 16 heavy (non-hydrogen) atoms. The molecule has 0 spiro atoms. The van der Waals surface area contributed by atoms with Crippen molar-refractivity contribution in [2.75, 3.05) is 0 Å². The van der Waals surface area contributed by atoms with Gasteiger partial charge in [-0.25, -0.2) is 5.21 Å². The van der Waals surface area contributed by atoms with Crippen molar-refractivity contribution in [2.24, 2.45) is 5.28 Å². The smallest absolute Gasteiger partial charge is 0.272 e. The summed E-state index contributed by atoms with van der Waals surface area (Å²) in [6.45, 7) is 0. The van der Waals surface area contributed by atoms with E-state index in [2.05, 4.69) is 5.28 Å². The van der Waals surface area contributed by atoms with E-state index in [0.29, 0.717) is 10.9 Å². The molecule has 0 atom stereocenters. The van der Waals surface area contributed by atoms with Crippen LogP contribution in [-0.2, 0) is 0 Å². The molecule has 0 amide bonds. The quantitative estimate of drug-likeness (QED) is 0.349. The van der Waals surface area contributed by atoms with Crippen LogP contribution >= 0.6 is 0 Å². The lowest BCUT2D eigenvalue weighted by Crippen LogP contribution is -2.10. The van der Waals surface area contributed by atoms with Gasteiger partial charge in [0.2, 0.25) is 0 Å². The minimum Gasteiger partial charge on any atom is -0.357 e. The van der Waals surface area contributed by atoms with Crippen molar-refractivity contribution < 1.29 is 20.3 Å². The third-order valence-corrected chi connectivity index (χ3v) is 2.14. The van der Waals surface area contributed by atoms with Crippen molar-refractivity contribution in [3.05, 3.63) is 40.6 Å². The van der Waals surface area contributed by atoms with Gasteiger partial charge in [-0.15, -0.1) is 0 Å². The predicted octanol–water partition coefficient (Wildman–Crippen LogP) is 1.56. The number of rotatable bonds is 2. The fourth-order valence-corrected chi connectivity index (χ4v) is 1.43. The van der Waals surface area contributed by atoms with E-state index in [-0.39, 0.29) is 10.7 Å². The average molecular weight is 223 g/mol. The van der Waals surface area contributed by atoms with E-state index in [1.165, 1.54) is 24.4 Å². The Balaban J connectivity index is 2.63. The summed E-state index contributed by atoms with van der Waals surface area (Å²) < 4.78 is 1.12. The first-order valence-corrected chi connectivity index (χ1v) is 4.23. The zero-order valence-corrected chi connectivity index (χ0v) is 7.89. The maximum absolute atomic E-state index is 10.5. The topological polar surface area (TPSA) is 104 Å². The Hall–Kier alpha value is -2.64. The molecule has 0 fully saturated rings. The minimum atomic E-state index is -0.510. The van der Waals surface area contributed by atoms with Crippen LogP contribution < -0.4 is 0 Å². The molecule has 2 rings (SSSR count). The van der Waals surface area contributed by atoms with E-state index in [0.717, 1.165) is 4.68 Å². The lowest BCUT2D eigenvalue weighted by molar-refractivity contribution is -0.873. The highest BCUT2D eigenvalue weighted by molar-refractivity contribution is 5.82. The molecule has 0 aliphatic heterocycles. The number of fused-ring (bicyclic) bond motifs is 1. The maximum atomic E-state index is 10.5. The molecule has 1 aromatic carbocycles. The molecule has 0 saturated heterocycles. The van der Waals surface area contributed by atoms with Crippen LogP contribution in [0.15, 0.2) is 35.7 Å². The first-order valence-electron chi connectivity index (χ1n) is 4.23. The molecule has 8 nitrogen and oxygen atoms in total. The van der Waals surface area contributed by atoms with Crippen molar-refractivity contribution in [1.82, 2.24) is 4.68 Å². The number of hydrogen-bond donors (Lipinski definition) is 2. The summed E-state index contributed by atoms with van der Waals surface area (Å²) in [6, 6.07) is 5.65. The van der Waals surface area contributed by atoms with Crippen LogP contribution in [0, 0.1) is 10.1 Å². The number of nitrogens with zero attached hydrogens (tertiary/aromatic N) is 4. The standard InChI is InChI=1S/C8H6N4O4/c13-9-12(16)10-4-3-6-5-7(11(14)15)1-2-8(6)10/h1-5,16H/p+1. The van der Waals surface area contributed by atoms with Gasteiger partial charge in [-0.2, -0.15) is 0 Å². The number of benzene rings is 1. The predicted molar refractivity (Wildman–Crippen MR) is 50.3 cm³/mol. The average Bonchev–Trinajstić information content (AvgIpc) is 2.70. The molecule has 1 heterocycles. The van der Waals surface area contributed by atoms with Gasteiger partial charge in [0.15, 0.2) is 0 Å². The largest absolute Gasteiger partial charge is 0.357 e. The molecular formula is C8H7N4O4+. The van der Waals surface area contributed by atoms with Crippen molar-refractivity contribution in [3.8, 4) is 0 Å². The zero-order chi connectivity index (χ0) is 11.7. The molecular weight excluding hydrogens is 216 g/mol. The molecule has 2 aromatic rings. The van der Waals surface area contributed by atoms with Crippen LogP contribution in [0.4, 0.5) is 5.69 Å². The second-order valence-corrected chi connectivity index (χ2v) is 3.02. The summed E-state index contributed by atoms with van der Waals surface area (Å²) in [5.74, 6) is 0. The molecule has 0 unspecified atom stereocenters. The number of nitro groups is 1. The third kappa shape index (κ3) is 1.41. The van der Waals surface area contributed by atoms with Crippen LogP contribution in [0.1, 0.15) is 0 Å². The summed E-state index contributed by atoms with van der Waals surface area (Å²) in [5, 5.41) is 31.2. The normalized spacial score (nSPS) is 11.9. The molecule has 1 aromatic heterocycles. The van der Waals surface area contributed by atoms with Gasteiger partial charge in [0, 0.05) is 17.5 Å². The van der Waals surface area contributed by atoms with Gasteiger partial charge in [-0.3, -0.25) is 10.1 Å². The lowest BCUT2D eigenvalue weighted by atomic mass is 10.2. The molecule has 0 radical (unpaired) electrons. The van der Waals surface area contributed by atoms with Crippen molar-refractivity contribution in [2.45, 2.75) is 0 Å². The van der Waals surface area contributed by atoms with E-state index in [1.807, 2.05) is 0 Å². The molecule has 0 bridgehead atoms. The van der Waals surface area contributed by atoms with E-state index in [1.54, 1.807) is 6.07 Å². The summed E-state index contributed by atoms with van der Waals surface area (Å²) in [5.41, 5.74) is 0.432. The first kappa shape index (κ1) is 9.90. The Bertz CT molecular complexity index is 589. The van der Waals surface area contributed by atoms with Crippen molar-refractivity contribution >= 4 is 16.6 Å². The molecule has 0 saturated carbocycles. The van der Waals surface area contributed by atoms with Gasteiger partial charge < -0.3 is 5.21 Å². The zero-order valence-electron chi connectivity index (χ0n) is 7.89. The van der Waals surface area contributed by atoms with Crippen LogP contribution in [0.3, 0.4) is 0 Å². The van der Waals surface area contributed by atoms with Gasteiger partial charge in [-0.1, -0.05) is 4.68 Å². The van der Waals surface area contributed by atoms with Crippen molar-refractivity contribution in [1.29, 1.82) is 0 Å². The number of non-ortho nitro benzene ring substituents is 1. The van der Waals surface area contributed by atoms with E-state index in [4.69, 9.17) is 10.4 Å². The SMILES string of the molecule is O=[N+]([O-])c1ccc2c(ccn2[N+](O)=NO)c1. The van der Waals surface area contributed by atoms with Crippen LogP contribution in [0.2, 0.25) is 0 Å². The maximum Gasteiger partial charge on any atom is 0.272 e. The van der Waals surface area contributed by atoms with E-state index < -0.39 is 4.92 Å². The van der Waals surface area contributed by atoms with Gasteiger partial charge in [-0.05, 0) is 12.1 Å². The van der Waals surface area contributed by atoms with Crippen molar-refractivity contribution in [3.63, 3.8) is 0 Å². The Morgan fingerprint density at radius 2 is 2.12 bits per heavy atom. The second-order valence-electron chi connectivity index (χ2n) is 3.02. The number of aromatic nitrogens is 1. The van der Waals surface area contributed by atoms with Crippen LogP contribution in [0.5, 0.6) is 0 Å². The molecule has 2 N–H and O–H groups in total. The minimum absolute atomic E-state index is 0.0457. The highest BCUT2D eigenvalue weighted by Crippen LogP contribution is 2.21. The Labute approximate surface area is 88.3 Å². The van der Waals surface area contributed by atoms with Crippen LogP contribution in [-0.4, -0.2) is 25.0 Å². The lowest BCUT2D eigenvalue weighted by Gasteiger charge is -1.92. The Morgan fingerprint density at radius 1 is 1.38 bits per heavy atom. The molecule has 0 aliphatic carbocycles. The summed E-state index contributed by atoms with van der Waals surface area (Å²) in [6.07, 6.45) is 1.41. The monoisotopic (exact) mass is 223 g/mol. The van der Waals surface area contributed by atoms with E-state index >= 15 is 0 Å². The number of nitro benzene ring substituents is 1.